The Bertz CT molecular complexity index is 157. The Morgan fingerprint density at radius 1 is 1.46 bits per heavy atom. The van der Waals surface area contributed by atoms with Crippen LogP contribution in [0.1, 0.15) is 46.0 Å². The van der Waals surface area contributed by atoms with Crippen molar-refractivity contribution < 1.29 is 9.53 Å². The van der Waals surface area contributed by atoms with E-state index in [4.69, 9.17) is 4.74 Å². The zero-order valence-electron chi connectivity index (χ0n) is 8.58. The molecule has 0 N–H and O–H groups in total. The average molecular weight is 183 g/mol. The fourth-order valence-electron chi connectivity index (χ4n) is 1.71. The summed E-state index contributed by atoms with van der Waals surface area (Å²) in [7, 11) is 0. The lowest BCUT2D eigenvalue weighted by Gasteiger charge is -2.09. The minimum atomic E-state index is -0.0550. The van der Waals surface area contributed by atoms with Crippen molar-refractivity contribution in [1.82, 2.24) is 0 Å². The highest BCUT2D eigenvalue weighted by atomic mass is 16.5. The van der Waals surface area contributed by atoms with E-state index in [2.05, 4.69) is 0 Å². The highest BCUT2D eigenvalue weighted by Crippen LogP contribution is 2.27. The van der Waals surface area contributed by atoms with E-state index in [0.29, 0.717) is 18.3 Å². The lowest BCUT2D eigenvalue weighted by atomic mass is 10.0. The first kappa shape index (κ1) is 10.6. The molecule has 1 fully saturated rings. The summed E-state index contributed by atoms with van der Waals surface area (Å²) in [6.45, 7) is 5.63. The van der Waals surface area contributed by atoms with Gasteiger partial charge in [-0.2, -0.15) is 0 Å². The number of hydrogen-bond acceptors (Lipinski definition) is 2. The van der Waals surface area contributed by atoms with Crippen molar-refractivity contribution in [2.75, 3.05) is 0 Å². The second-order valence-electron chi connectivity index (χ2n) is 4.22. The number of esters is 1. The lowest BCUT2D eigenvalue weighted by molar-refractivity contribution is -0.141. The Balaban J connectivity index is 2.09. The normalized spacial score (nSPS) is 18.1. The van der Waals surface area contributed by atoms with Crippen LogP contribution in [0, 0.1) is 18.4 Å². The fourth-order valence-corrected chi connectivity index (χ4v) is 1.71. The van der Waals surface area contributed by atoms with E-state index in [1.165, 1.54) is 25.7 Å². The molecule has 0 unspecified atom stereocenters. The van der Waals surface area contributed by atoms with Gasteiger partial charge in [-0.25, -0.2) is 0 Å². The van der Waals surface area contributed by atoms with Crippen LogP contribution in [0.25, 0.3) is 0 Å². The van der Waals surface area contributed by atoms with Gasteiger partial charge in [-0.05, 0) is 24.7 Å². The second-order valence-corrected chi connectivity index (χ2v) is 4.22. The van der Waals surface area contributed by atoms with Crippen LogP contribution >= 0.6 is 0 Å². The van der Waals surface area contributed by atoms with E-state index in [1.54, 1.807) is 6.61 Å². The molecule has 13 heavy (non-hydrogen) atoms. The molecule has 0 saturated heterocycles. The van der Waals surface area contributed by atoms with Crippen molar-refractivity contribution in [3.63, 3.8) is 0 Å². The van der Waals surface area contributed by atoms with Crippen LogP contribution in [0.15, 0.2) is 0 Å². The number of hydrogen-bond donors (Lipinski definition) is 0. The summed E-state index contributed by atoms with van der Waals surface area (Å²) in [5.74, 6) is 0.862. The predicted octanol–water partition coefficient (Wildman–Crippen LogP) is 2.93. The van der Waals surface area contributed by atoms with Gasteiger partial charge in [0.05, 0.1) is 0 Å². The maximum Gasteiger partial charge on any atom is 0.306 e. The van der Waals surface area contributed by atoms with Crippen molar-refractivity contribution in [1.29, 1.82) is 0 Å². The Kier molecular flexibility index (Phi) is 4.26. The minimum Gasteiger partial charge on any atom is -0.458 e. The molecule has 0 aromatic heterocycles. The largest absolute Gasteiger partial charge is 0.458 e. The van der Waals surface area contributed by atoms with Crippen LogP contribution in [0.3, 0.4) is 0 Å². The zero-order chi connectivity index (χ0) is 9.68. The van der Waals surface area contributed by atoms with E-state index in [9.17, 15) is 4.79 Å². The van der Waals surface area contributed by atoms with E-state index in [1.807, 2.05) is 13.8 Å². The highest BCUT2D eigenvalue weighted by molar-refractivity contribution is 5.70. The highest BCUT2D eigenvalue weighted by Gasteiger charge is 2.19. The monoisotopic (exact) mass is 183 g/mol. The maximum absolute atomic E-state index is 11.2. The average Bonchev–Trinajstić information content (AvgIpc) is 2.53. The molecule has 0 aromatic rings. The minimum absolute atomic E-state index is 0.0550. The van der Waals surface area contributed by atoms with E-state index in [0.717, 1.165) is 0 Å². The molecule has 0 spiro atoms. The summed E-state index contributed by atoms with van der Waals surface area (Å²) in [5, 5.41) is 0. The van der Waals surface area contributed by atoms with Crippen molar-refractivity contribution in [3.05, 3.63) is 6.61 Å². The standard InChI is InChI=1S/C11H19O2/c1-9(2)8-13-11(12)7-10-5-3-4-6-10/h8-10H,3-7H2,1-2H3. The molecule has 75 valence electrons. The third-order valence-corrected chi connectivity index (χ3v) is 2.40. The van der Waals surface area contributed by atoms with Gasteiger partial charge in [0.15, 0.2) is 0 Å². The first-order valence-corrected chi connectivity index (χ1v) is 5.21. The van der Waals surface area contributed by atoms with Gasteiger partial charge in [0, 0.05) is 6.42 Å². The molecule has 1 aliphatic carbocycles. The molecule has 1 radical (unpaired) electrons. The fraction of sp³-hybridized carbons (Fsp3) is 0.818. The Hall–Kier alpha value is -0.530. The summed E-state index contributed by atoms with van der Waals surface area (Å²) in [6, 6.07) is 0. The zero-order valence-corrected chi connectivity index (χ0v) is 8.58. The third-order valence-electron chi connectivity index (χ3n) is 2.40. The van der Waals surface area contributed by atoms with Crippen LogP contribution in [-0.4, -0.2) is 5.97 Å². The second kappa shape index (κ2) is 5.25. The molecule has 2 heteroatoms. The molecule has 0 amide bonds. The van der Waals surface area contributed by atoms with Gasteiger partial charge in [0.2, 0.25) is 0 Å². The van der Waals surface area contributed by atoms with Crippen molar-refractivity contribution >= 4 is 5.97 Å². The Labute approximate surface area is 80.7 Å². The van der Waals surface area contributed by atoms with Crippen molar-refractivity contribution in [2.24, 2.45) is 11.8 Å². The smallest absolute Gasteiger partial charge is 0.306 e. The van der Waals surface area contributed by atoms with Crippen LogP contribution in [0.2, 0.25) is 0 Å². The quantitative estimate of drug-likeness (QED) is 0.626. The van der Waals surface area contributed by atoms with Crippen molar-refractivity contribution in [3.8, 4) is 0 Å². The summed E-state index contributed by atoms with van der Waals surface area (Å²) < 4.78 is 5.00. The first-order valence-electron chi connectivity index (χ1n) is 5.21. The molecule has 1 aliphatic rings. The molecule has 0 atom stereocenters. The Morgan fingerprint density at radius 2 is 2.08 bits per heavy atom. The van der Waals surface area contributed by atoms with E-state index in [-0.39, 0.29) is 5.97 Å². The van der Waals surface area contributed by atoms with Crippen LogP contribution in [0.5, 0.6) is 0 Å². The summed E-state index contributed by atoms with van der Waals surface area (Å²) >= 11 is 0. The number of carbonyl (C=O) groups is 1. The van der Waals surface area contributed by atoms with Crippen LogP contribution in [0.4, 0.5) is 0 Å². The molecule has 2 nitrogen and oxygen atoms in total. The molecule has 0 bridgehead atoms. The van der Waals surface area contributed by atoms with Gasteiger partial charge in [0.25, 0.3) is 0 Å². The van der Waals surface area contributed by atoms with Gasteiger partial charge in [-0.1, -0.05) is 26.7 Å². The number of ether oxygens (including phenoxy) is 1. The summed E-state index contributed by atoms with van der Waals surface area (Å²) in [4.78, 5) is 11.2. The van der Waals surface area contributed by atoms with E-state index < -0.39 is 0 Å². The first-order chi connectivity index (χ1) is 6.18. The van der Waals surface area contributed by atoms with Gasteiger partial charge < -0.3 is 4.74 Å². The number of carbonyl (C=O) groups excluding carboxylic acids is 1. The molecule has 1 rings (SSSR count). The SMILES string of the molecule is CC(C)[CH]OC(=O)CC1CCCC1. The van der Waals surface area contributed by atoms with Gasteiger partial charge in [-0.3, -0.25) is 4.79 Å². The molecule has 0 aromatic carbocycles. The molecule has 0 heterocycles. The third kappa shape index (κ3) is 4.30. The topological polar surface area (TPSA) is 26.3 Å². The molecular weight excluding hydrogens is 164 g/mol. The van der Waals surface area contributed by atoms with Crippen molar-refractivity contribution in [2.45, 2.75) is 46.0 Å². The van der Waals surface area contributed by atoms with Gasteiger partial charge in [-0.15, -0.1) is 0 Å². The number of rotatable bonds is 4. The van der Waals surface area contributed by atoms with Crippen LogP contribution in [-0.2, 0) is 9.53 Å². The van der Waals surface area contributed by atoms with E-state index >= 15 is 0 Å². The van der Waals surface area contributed by atoms with Crippen LogP contribution < -0.4 is 0 Å². The summed E-state index contributed by atoms with van der Waals surface area (Å²) in [5.41, 5.74) is 0. The maximum atomic E-state index is 11.2. The van der Waals surface area contributed by atoms with Gasteiger partial charge >= 0.3 is 5.97 Å². The molecular formula is C11H19O2. The molecule has 1 saturated carbocycles. The van der Waals surface area contributed by atoms with Gasteiger partial charge in [0.1, 0.15) is 6.61 Å². The lowest BCUT2D eigenvalue weighted by Crippen LogP contribution is -2.09. The molecule has 0 aliphatic heterocycles. The summed E-state index contributed by atoms with van der Waals surface area (Å²) in [6.07, 6.45) is 5.59. The predicted molar refractivity (Wildman–Crippen MR) is 51.8 cm³/mol. The Morgan fingerprint density at radius 3 is 2.62 bits per heavy atom.